The van der Waals surface area contributed by atoms with Gasteiger partial charge in [0.25, 0.3) is 0 Å². The van der Waals surface area contributed by atoms with Gasteiger partial charge in [-0.25, -0.2) is 4.79 Å². The van der Waals surface area contributed by atoms with E-state index in [0.717, 1.165) is 0 Å². The van der Waals surface area contributed by atoms with E-state index in [1.807, 2.05) is 0 Å². The average molecular weight is 303 g/mol. The van der Waals surface area contributed by atoms with Crippen LogP contribution in [-0.2, 0) is 23.8 Å². The SMILES string of the molecule is CCOC(=O)CCN(C(=O)OCC)C(C)CC(=O)OCC. The zero-order chi connectivity index (χ0) is 16.3. The zero-order valence-corrected chi connectivity index (χ0v) is 13.2. The number of esters is 2. The lowest BCUT2D eigenvalue weighted by Crippen LogP contribution is -2.41. The van der Waals surface area contributed by atoms with Crippen LogP contribution in [0.4, 0.5) is 4.79 Å². The maximum Gasteiger partial charge on any atom is 0.410 e. The minimum atomic E-state index is -0.557. The van der Waals surface area contributed by atoms with Gasteiger partial charge in [-0.3, -0.25) is 9.59 Å². The summed E-state index contributed by atoms with van der Waals surface area (Å²) in [4.78, 5) is 36.1. The molecular weight excluding hydrogens is 278 g/mol. The molecule has 0 aromatic heterocycles. The summed E-state index contributed by atoms with van der Waals surface area (Å²) in [6.45, 7) is 7.76. The van der Waals surface area contributed by atoms with E-state index in [2.05, 4.69) is 0 Å². The molecule has 1 atom stereocenters. The summed E-state index contributed by atoms with van der Waals surface area (Å²) < 4.78 is 14.6. The molecule has 0 aliphatic rings. The van der Waals surface area contributed by atoms with Crippen LogP contribution in [0.2, 0.25) is 0 Å². The summed E-state index contributed by atoms with van der Waals surface area (Å²) >= 11 is 0. The highest BCUT2D eigenvalue weighted by Crippen LogP contribution is 2.09. The summed E-state index contributed by atoms with van der Waals surface area (Å²) in [5.74, 6) is -0.787. The van der Waals surface area contributed by atoms with Crippen molar-refractivity contribution in [2.24, 2.45) is 0 Å². The molecular formula is C14H25NO6. The Labute approximate surface area is 125 Å². The molecule has 0 saturated heterocycles. The summed E-state index contributed by atoms with van der Waals surface area (Å²) in [6, 6.07) is -0.419. The number of carbonyl (C=O) groups is 3. The summed E-state index contributed by atoms with van der Waals surface area (Å²) in [5.41, 5.74) is 0. The Kier molecular flexibility index (Phi) is 10.0. The van der Waals surface area contributed by atoms with Crippen LogP contribution in [-0.4, -0.2) is 55.3 Å². The topological polar surface area (TPSA) is 82.1 Å². The molecule has 21 heavy (non-hydrogen) atoms. The van der Waals surface area contributed by atoms with Crippen molar-refractivity contribution >= 4 is 18.0 Å². The molecule has 0 radical (unpaired) electrons. The molecule has 0 N–H and O–H groups in total. The van der Waals surface area contributed by atoms with E-state index >= 15 is 0 Å². The number of hydrogen-bond donors (Lipinski definition) is 0. The van der Waals surface area contributed by atoms with Crippen LogP contribution in [0.25, 0.3) is 0 Å². The Morgan fingerprint density at radius 3 is 1.95 bits per heavy atom. The second-order valence-electron chi connectivity index (χ2n) is 4.31. The number of carbonyl (C=O) groups excluding carboxylic acids is 3. The van der Waals surface area contributed by atoms with E-state index in [9.17, 15) is 14.4 Å². The molecule has 0 saturated carbocycles. The van der Waals surface area contributed by atoms with Gasteiger partial charge in [-0.05, 0) is 27.7 Å². The number of amides is 1. The molecule has 0 aromatic carbocycles. The number of hydrogen-bond acceptors (Lipinski definition) is 6. The second kappa shape index (κ2) is 10.9. The Balaban J connectivity index is 4.60. The smallest absolute Gasteiger partial charge is 0.410 e. The fourth-order valence-corrected chi connectivity index (χ4v) is 1.71. The standard InChI is InChI=1S/C14H25NO6/c1-5-19-12(16)8-9-15(14(18)21-7-3)11(4)10-13(17)20-6-2/h11H,5-10H2,1-4H3. The minimum absolute atomic E-state index is 0.0511. The first kappa shape index (κ1) is 19.2. The van der Waals surface area contributed by atoms with E-state index in [1.165, 1.54) is 4.90 Å². The molecule has 1 amide bonds. The Morgan fingerprint density at radius 2 is 1.43 bits per heavy atom. The third kappa shape index (κ3) is 8.16. The Hall–Kier alpha value is -1.79. The first-order valence-corrected chi connectivity index (χ1v) is 7.20. The summed E-state index contributed by atoms with van der Waals surface area (Å²) in [6.07, 6.45) is -0.450. The van der Waals surface area contributed by atoms with Gasteiger partial charge in [-0.1, -0.05) is 0 Å². The van der Waals surface area contributed by atoms with Crippen LogP contribution < -0.4 is 0 Å². The molecule has 7 heteroatoms. The van der Waals surface area contributed by atoms with Crippen molar-refractivity contribution in [3.05, 3.63) is 0 Å². The van der Waals surface area contributed by atoms with Gasteiger partial charge in [-0.2, -0.15) is 0 Å². The predicted octanol–water partition coefficient (Wildman–Crippen LogP) is 1.74. The highest BCUT2D eigenvalue weighted by atomic mass is 16.6. The predicted molar refractivity (Wildman–Crippen MR) is 75.7 cm³/mol. The number of rotatable bonds is 9. The lowest BCUT2D eigenvalue weighted by atomic mass is 10.2. The molecule has 0 aromatic rings. The quantitative estimate of drug-likeness (QED) is 0.476. The molecule has 0 aliphatic heterocycles. The molecule has 122 valence electrons. The molecule has 0 bridgehead atoms. The van der Waals surface area contributed by atoms with E-state index in [-0.39, 0.29) is 39.2 Å². The zero-order valence-electron chi connectivity index (χ0n) is 13.2. The van der Waals surface area contributed by atoms with Gasteiger partial charge in [0.05, 0.1) is 32.7 Å². The van der Waals surface area contributed by atoms with Crippen molar-refractivity contribution in [3.63, 3.8) is 0 Å². The third-order valence-corrected chi connectivity index (χ3v) is 2.66. The van der Waals surface area contributed by atoms with Gasteiger partial charge >= 0.3 is 18.0 Å². The van der Waals surface area contributed by atoms with Gasteiger partial charge in [0, 0.05) is 12.6 Å². The largest absolute Gasteiger partial charge is 0.466 e. The monoisotopic (exact) mass is 303 g/mol. The van der Waals surface area contributed by atoms with Crippen molar-refractivity contribution in [3.8, 4) is 0 Å². The molecule has 0 heterocycles. The number of ether oxygens (including phenoxy) is 3. The van der Waals surface area contributed by atoms with Crippen molar-refractivity contribution in [1.29, 1.82) is 0 Å². The van der Waals surface area contributed by atoms with Gasteiger partial charge in [0.1, 0.15) is 0 Å². The first-order valence-electron chi connectivity index (χ1n) is 7.20. The maximum atomic E-state index is 11.9. The van der Waals surface area contributed by atoms with Crippen LogP contribution in [0.5, 0.6) is 0 Å². The van der Waals surface area contributed by atoms with Gasteiger partial charge in [0.2, 0.25) is 0 Å². The van der Waals surface area contributed by atoms with Crippen LogP contribution >= 0.6 is 0 Å². The average Bonchev–Trinajstić information content (AvgIpc) is 2.39. The summed E-state index contributed by atoms with van der Waals surface area (Å²) in [7, 11) is 0. The summed E-state index contributed by atoms with van der Waals surface area (Å²) in [5, 5.41) is 0. The minimum Gasteiger partial charge on any atom is -0.466 e. The molecule has 0 rings (SSSR count). The van der Waals surface area contributed by atoms with Crippen LogP contribution in [0, 0.1) is 0 Å². The van der Waals surface area contributed by atoms with Gasteiger partial charge < -0.3 is 19.1 Å². The van der Waals surface area contributed by atoms with E-state index < -0.39 is 24.1 Å². The molecule has 0 aliphatic carbocycles. The fraction of sp³-hybridized carbons (Fsp3) is 0.786. The molecule has 0 fully saturated rings. The third-order valence-electron chi connectivity index (χ3n) is 2.66. The van der Waals surface area contributed by atoms with Crippen molar-refractivity contribution in [2.75, 3.05) is 26.4 Å². The maximum absolute atomic E-state index is 11.9. The lowest BCUT2D eigenvalue weighted by molar-refractivity contribution is -0.144. The van der Waals surface area contributed by atoms with Crippen LogP contribution in [0.1, 0.15) is 40.5 Å². The van der Waals surface area contributed by atoms with E-state index in [4.69, 9.17) is 14.2 Å². The highest BCUT2D eigenvalue weighted by molar-refractivity contribution is 5.74. The first-order chi connectivity index (χ1) is 9.96. The normalized spacial score (nSPS) is 11.4. The molecule has 0 spiro atoms. The molecule has 7 nitrogen and oxygen atoms in total. The second-order valence-corrected chi connectivity index (χ2v) is 4.31. The fourth-order valence-electron chi connectivity index (χ4n) is 1.71. The molecule has 1 unspecified atom stereocenters. The Morgan fingerprint density at radius 1 is 0.905 bits per heavy atom. The van der Waals surface area contributed by atoms with Crippen molar-refractivity contribution in [2.45, 2.75) is 46.6 Å². The van der Waals surface area contributed by atoms with Gasteiger partial charge in [-0.15, -0.1) is 0 Å². The van der Waals surface area contributed by atoms with Gasteiger partial charge in [0.15, 0.2) is 0 Å². The van der Waals surface area contributed by atoms with E-state index in [0.29, 0.717) is 0 Å². The number of nitrogens with zero attached hydrogens (tertiary/aromatic N) is 1. The van der Waals surface area contributed by atoms with E-state index in [1.54, 1.807) is 27.7 Å². The van der Waals surface area contributed by atoms with Crippen LogP contribution in [0.3, 0.4) is 0 Å². The van der Waals surface area contributed by atoms with Crippen molar-refractivity contribution < 1.29 is 28.6 Å². The Bertz CT molecular complexity index is 344. The lowest BCUT2D eigenvalue weighted by Gasteiger charge is -2.27. The highest BCUT2D eigenvalue weighted by Gasteiger charge is 2.24. The van der Waals surface area contributed by atoms with Crippen molar-refractivity contribution in [1.82, 2.24) is 4.90 Å². The van der Waals surface area contributed by atoms with Crippen LogP contribution in [0.15, 0.2) is 0 Å².